The SMILES string of the molecule is CCCCCCCCCCCCC1(C)C(C(=O)O)=CC=CC1C(=O)O. The molecule has 0 bridgehead atoms. The third-order valence-electron chi connectivity index (χ3n) is 5.41. The Labute approximate surface area is 152 Å². The average molecular weight is 350 g/mol. The van der Waals surface area contributed by atoms with Crippen LogP contribution in [0.15, 0.2) is 23.8 Å². The highest BCUT2D eigenvalue weighted by atomic mass is 16.4. The van der Waals surface area contributed by atoms with Crippen molar-refractivity contribution in [3.05, 3.63) is 23.8 Å². The standard InChI is InChI=1S/C21H34O4/c1-3-4-5-6-7-8-9-10-11-12-16-21(2)17(19(22)23)14-13-15-18(21)20(24)25/h13-15,17H,3-12,16H2,1-2H3,(H,22,23)(H,24,25). The number of hydrogen-bond donors (Lipinski definition) is 2. The predicted octanol–water partition coefficient (Wildman–Crippen LogP) is 5.59. The molecule has 25 heavy (non-hydrogen) atoms. The quantitative estimate of drug-likeness (QED) is 0.425. The Balaban J connectivity index is 2.37. The first-order valence-corrected chi connectivity index (χ1v) is 9.78. The molecule has 0 aromatic heterocycles. The van der Waals surface area contributed by atoms with Crippen molar-refractivity contribution < 1.29 is 19.8 Å². The van der Waals surface area contributed by atoms with Crippen LogP contribution in [0.2, 0.25) is 0 Å². The van der Waals surface area contributed by atoms with Crippen molar-refractivity contribution >= 4 is 11.9 Å². The third-order valence-corrected chi connectivity index (χ3v) is 5.41. The molecule has 0 fully saturated rings. The second-order valence-corrected chi connectivity index (χ2v) is 7.44. The first-order valence-electron chi connectivity index (χ1n) is 9.78. The van der Waals surface area contributed by atoms with Gasteiger partial charge >= 0.3 is 11.9 Å². The second-order valence-electron chi connectivity index (χ2n) is 7.44. The Morgan fingerprint density at radius 3 is 1.96 bits per heavy atom. The van der Waals surface area contributed by atoms with Crippen LogP contribution in [0.25, 0.3) is 0 Å². The molecule has 0 aromatic carbocycles. The molecule has 2 unspecified atom stereocenters. The maximum absolute atomic E-state index is 11.5. The molecule has 0 spiro atoms. The van der Waals surface area contributed by atoms with Crippen molar-refractivity contribution in [2.24, 2.45) is 11.3 Å². The van der Waals surface area contributed by atoms with E-state index in [1.165, 1.54) is 44.9 Å². The molecule has 4 heteroatoms. The lowest BCUT2D eigenvalue weighted by Crippen LogP contribution is -2.38. The van der Waals surface area contributed by atoms with Gasteiger partial charge in [0.15, 0.2) is 0 Å². The van der Waals surface area contributed by atoms with Gasteiger partial charge in [0.05, 0.1) is 5.92 Å². The smallest absolute Gasteiger partial charge is 0.332 e. The first-order chi connectivity index (χ1) is 11.9. The van der Waals surface area contributed by atoms with Crippen molar-refractivity contribution in [3.8, 4) is 0 Å². The monoisotopic (exact) mass is 350 g/mol. The van der Waals surface area contributed by atoms with E-state index < -0.39 is 23.3 Å². The number of rotatable bonds is 13. The summed E-state index contributed by atoms with van der Waals surface area (Å²) in [6.07, 6.45) is 17.4. The van der Waals surface area contributed by atoms with Gasteiger partial charge in [0.25, 0.3) is 0 Å². The van der Waals surface area contributed by atoms with E-state index in [0.29, 0.717) is 6.42 Å². The Morgan fingerprint density at radius 1 is 0.960 bits per heavy atom. The molecule has 0 radical (unpaired) electrons. The molecule has 0 aromatic rings. The molecule has 4 nitrogen and oxygen atoms in total. The second kappa shape index (κ2) is 11.1. The molecule has 0 heterocycles. The van der Waals surface area contributed by atoms with Gasteiger partial charge in [-0.3, -0.25) is 4.79 Å². The number of allylic oxidation sites excluding steroid dienone is 2. The minimum absolute atomic E-state index is 0.221. The molecular formula is C21H34O4. The molecule has 1 aliphatic rings. The van der Waals surface area contributed by atoms with Crippen molar-refractivity contribution in [2.75, 3.05) is 0 Å². The zero-order valence-corrected chi connectivity index (χ0v) is 15.8. The highest BCUT2D eigenvalue weighted by Crippen LogP contribution is 2.44. The summed E-state index contributed by atoms with van der Waals surface area (Å²) < 4.78 is 0. The van der Waals surface area contributed by atoms with E-state index in [9.17, 15) is 19.8 Å². The highest BCUT2D eigenvalue weighted by Gasteiger charge is 2.44. The third kappa shape index (κ3) is 6.68. The summed E-state index contributed by atoms with van der Waals surface area (Å²) in [5.74, 6) is -2.72. The van der Waals surface area contributed by atoms with E-state index in [0.717, 1.165) is 19.3 Å². The largest absolute Gasteiger partial charge is 0.481 e. The van der Waals surface area contributed by atoms with Crippen LogP contribution < -0.4 is 0 Å². The molecule has 0 aliphatic heterocycles. The molecule has 1 rings (SSSR count). The fraction of sp³-hybridized carbons (Fsp3) is 0.714. The van der Waals surface area contributed by atoms with E-state index in [1.807, 2.05) is 0 Å². The molecule has 142 valence electrons. The maximum atomic E-state index is 11.5. The lowest BCUT2D eigenvalue weighted by Gasteiger charge is -2.36. The number of hydrogen-bond acceptors (Lipinski definition) is 2. The summed E-state index contributed by atoms with van der Waals surface area (Å²) in [5, 5.41) is 18.9. The lowest BCUT2D eigenvalue weighted by atomic mass is 9.66. The van der Waals surface area contributed by atoms with Crippen LogP contribution >= 0.6 is 0 Å². The number of unbranched alkanes of at least 4 members (excludes halogenated alkanes) is 9. The molecule has 0 amide bonds. The number of aliphatic carboxylic acids is 2. The van der Waals surface area contributed by atoms with Crippen LogP contribution in [-0.4, -0.2) is 22.2 Å². The zero-order chi connectivity index (χ0) is 18.7. The fourth-order valence-corrected chi connectivity index (χ4v) is 3.77. The van der Waals surface area contributed by atoms with E-state index in [1.54, 1.807) is 25.2 Å². The summed E-state index contributed by atoms with van der Waals surface area (Å²) in [7, 11) is 0. The predicted molar refractivity (Wildman–Crippen MR) is 101 cm³/mol. The van der Waals surface area contributed by atoms with Gasteiger partial charge in [-0.25, -0.2) is 4.79 Å². The Hall–Kier alpha value is -1.58. The van der Waals surface area contributed by atoms with Crippen molar-refractivity contribution in [1.82, 2.24) is 0 Å². The van der Waals surface area contributed by atoms with E-state index in [2.05, 4.69) is 6.92 Å². The minimum Gasteiger partial charge on any atom is -0.481 e. The van der Waals surface area contributed by atoms with Crippen LogP contribution in [0.3, 0.4) is 0 Å². The van der Waals surface area contributed by atoms with Gasteiger partial charge in [0.1, 0.15) is 0 Å². The van der Waals surface area contributed by atoms with Crippen molar-refractivity contribution in [2.45, 2.75) is 84.5 Å². The summed E-state index contributed by atoms with van der Waals surface area (Å²) in [5.41, 5.74) is -0.606. The first kappa shape index (κ1) is 21.5. The highest BCUT2D eigenvalue weighted by molar-refractivity contribution is 5.91. The number of carboxylic acids is 2. The van der Waals surface area contributed by atoms with Gasteiger partial charge in [-0.2, -0.15) is 0 Å². The van der Waals surface area contributed by atoms with Crippen molar-refractivity contribution in [1.29, 1.82) is 0 Å². The van der Waals surface area contributed by atoms with E-state index in [4.69, 9.17) is 0 Å². The van der Waals surface area contributed by atoms with Gasteiger partial charge < -0.3 is 10.2 Å². The zero-order valence-electron chi connectivity index (χ0n) is 15.8. The molecule has 1 aliphatic carbocycles. The van der Waals surface area contributed by atoms with E-state index in [-0.39, 0.29) is 5.57 Å². The molecule has 0 saturated heterocycles. The normalized spacial score (nSPS) is 22.6. The van der Waals surface area contributed by atoms with Crippen molar-refractivity contribution in [3.63, 3.8) is 0 Å². The topological polar surface area (TPSA) is 74.6 Å². The number of carboxylic acid groups (broad SMARTS) is 2. The van der Waals surface area contributed by atoms with Gasteiger partial charge in [-0.15, -0.1) is 0 Å². The lowest BCUT2D eigenvalue weighted by molar-refractivity contribution is -0.144. The maximum Gasteiger partial charge on any atom is 0.332 e. The van der Waals surface area contributed by atoms with Gasteiger partial charge in [0.2, 0.25) is 0 Å². The van der Waals surface area contributed by atoms with Crippen LogP contribution in [0.5, 0.6) is 0 Å². The van der Waals surface area contributed by atoms with Gasteiger partial charge in [-0.05, 0) is 6.42 Å². The van der Waals surface area contributed by atoms with Crippen LogP contribution in [-0.2, 0) is 9.59 Å². The summed E-state index contributed by atoms with van der Waals surface area (Å²) in [4.78, 5) is 23.1. The summed E-state index contributed by atoms with van der Waals surface area (Å²) >= 11 is 0. The Kier molecular flexibility index (Phi) is 9.54. The molecule has 0 saturated carbocycles. The Morgan fingerprint density at radius 2 is 1.48 bits per heavy atom. The average Bonchev–Trinajstić information content (AvgIpc) is 2.56. The molecular weight excluding hydrogens is 316 g/mol. The minimum atomic E-state index is -1.01. The van der Waals surface area contributed by atoms with Crippen LogP contribution in [0.1, 0.15) is 84.5 Å². The van der Waals surface area contributed by atoms with E-state index >= 15 is 0 Å². The number of carbonyl (C=O) groups is 2. The van der Waals surface area contributed by atoms with Gasteiger partial charge in [0, 0.05) is 11.0 Å². The van der Waals surface area contributed by atoms with Crippen LogP contribution in [0.4, 0.5) is 0 Å². The Bertz CT molecular complexity index is 492. The summed E-state index contributed by atoms with van der Waals surface area (Å²) in [6, 6.07) is 0. The fourth-order valence-electron chi connectivity index (χ4n) is 3.77. The van der Waals surface area contributed by atoms with Gasteiger partial charge in [-0.1, -0.05) is 96.3 Å². The summed E-state index contributed by atoms with van der Waals surface area (Å²) in [6.45, 7) is 4.01. The molecule has 2 N–H and O–H groups in total. The molecule has 2 atom stereocenters. The van der Waals surface area contributed by atoms with Crippen LogP contribution in [0, 0.1) is 11.3 Å².